The lowest BCUT2D eigenvalue weighted by molar-refractivity contribution is -0.130. The topological polar surface area (TPSA) is 54.3 Å². The molecule has 1 aromatic heterocycles. The van der Waals surface area contributed by atoms with Gasteiger partial charge in [-0.1, -0.05) is 6.42 Å². The highest BCUT2D eigenvalue weighted by Crippen LogP contribution is 2.11. The van der Waals surface area contributed by atoms with Gasteiger partial charge in [0.2, 0.25) is 5.91 Å². The first-order valence-corrected chi connectivity index (χ1v) is 7.36. The lowest BCUT2D eigenvalue weighted by atomic mass is 10.2. The molecule has 5 nitrogen and oxygen atoms in total. The second-order valence-electron chi connectivity index (χ2n) is 5.31. The maximum Gasteiger partial charge on any atom is 0.267 e. The number of carbonyl (C=O) groups is 2. The average Bonchev–Trinajstić information content (AvgIpc) is 2.75. The van der Waals surface area contributed by atoms with Crippen molar-refractivity contribution in [2.24, 2.45) is 7.05 Å². The van der Waals surface area contributed by atoms with Gasteiger partial charge in [-0.15, -0.1) is 0 Å². The number of rotatable bonds is 5. The van der Waals surface area contributed by atoms with Crippen LogP contribution in [0.2, 0.25) is 0 Å². The second-order valence-corrected chi connectivity index (χ2v) is 5.31. The molecule has 2 heterocycles. The van der Waals surface area contributed by atoms with E-state index in [-0.39, 0.29) is 11.8 Å². The van der Waals surface area contributed by atoms with Crippen molar-refractivity contribution in [3.8, 4) is 0 Å². The molecule has 1 aromatic rings. The Balaban J connectivity index is 1.69. The molecule has 0 aliphatic carbocycles. The smallest absolute Gasteiger partial charge is 0.267 e. The Morgan fingerprint density at radius 3 is 2.95 bits per heavy atom. The Bertz CT molecular complexity index is 467. The number of carbonyl (C=O) groups excluding carboxylic acids is 2. The summed E-state index contributed by atoms with van der Waals surface area (Å²) in [7, 11) is 1.85. The molecular weight excluding hydrogens is 254 g/mol. The van der Waals surface area contributed by atoms with Gasteiger partial charge in [0.05, 0.1) is 0 Å². The summed E-state index contributed by atoms with van der Waals surface area (Å²) in [5.74, 6) is 0.205. The van der Waals surface area contributed by atoms with E-state index in [1.165, 1.54) is 0 Å². The SMILES string of the molecule is Cn1cccc1C(=O)NCCCN1CCCCCC1=O. The van der Waals surface area contributed by atoms with Crippen LogP contribution in [-0.4, -0.2) is 40.9 Å². The van der Waals surface area contributed by atoms with Crippen molar-refractivity contribution in [2.45, 2.75) is 32.1 Å². The monoisotopic (exact) mass is 277 g/mol. The summed E-state index contributed by atoms with van der Waals surface area (Å²) in [6, 6.07) is 3.65. The van der Waals surface area contributed by atoms with Crippen molar-refractivity contribution >= 4 is 11.8 Å². The van der Waals surface area contributed by atoms with E-state index < -0.39 is 0 Å². The number of nitrogens with zero attached hydrogens (tertiary/aromatic N) is 2. The molecular formula is C15H23N3O2. The lowest BCUT2D eigenvalue weighted by Gasteiger charge is -2.20. The third-order valence-electron chi connectivity index (χ3n) is 3.74. The maximum atomic E-state index is 11.9. The largest absolute Gasteiger partial charge is 0.351 e. The first-order valence-electron chi connectivity index (χ1n) is 7.36. The number of hydrogen-bond donors (Lipinski definition) is 1. The molecule has 110 valence electrons. The van der Waals surface area contributed by atoms with Crippen molar-refractivity contribution in [1.82, 2.24) is 14.8 Å². The first kappa shape index (κ1) is 14.6. The molecule has 0 bridgehead atoms. The van der Waals surface area contributed by atoms with Gasteiger partial charge in [0.15, 0.2) is 0 Å². The minimum atomic E-state index is -0.0558. The molecule has 0 spiro atoms. The van der Waals surface area contributed by atoms with Crippen molar-refractivity contribution in [3.05, 3.63) is 24.0 Å². The summed E-state index contributed by atoms with van der Waals surface area (Å²) < 4.78 is 1.80. The molecule has 5 heteroatoms. The summed E-state index contributed by atoms with van der Waals surface area (Å²) in [5.41, 5.74) is 0.663. The number of aromatic nitrogens is 1. The van der Waals surface area contributed by atoms with Gasteiger partial charge >= 0.3 is 0 Å². The zero-order valence-electron chi connectivity index (χ0n) is 12.1. The Hall–Kier alpha value is -1.78. The quantitative estimate of drug-likeness (QED) is 0.830. The van der Waals surface area contributed by atoms with Crippen LogP contribution in [0.5, 0.6) is 0 Å². The molecule has 0 unspecified atom stereocenters. The molecule has 0 saturated carbocycles. The highest BCUT2D eigenvalue weighted by Gasteiger charge is 2.16. The van der Waals surface area contributed by atoms with E-state index in [1.54, 1.807) is 10.6 Å². The van der Waals surface area contributed by atoms with Gasteiger partial charge in [0, 0.05) is 39.3 Å². The van der Waals surface area contributed by atoms with Crippen LogP contribution in [0.15, 0.2) is 18.3 Å². The van der Waals surface area contributed by atoms with Crippen LogP contribution in [0.3, 0.4) is 0 Å². The maximum absolute atomic E-state index is 11.9. The van der Waals surface area contributed by atoms with Gasteiger partial charge in [-0.05, 0) is 31.4 Å². The third-order valence-corrected chi connectivity index (χ3v) is 3.74. The normalized spacial score (nSPS) is 16.1. The van der Waals surface area contributed by atoms with E-state index >= 15 is 0 Å². The van der Waals surface area contributed by atoms with Crippen LogP contribution in [0.4, 0.5) is 0 Å². The zero-order chi connectivity index (χ0) is 14.4. The molecule has 1 N–H and O–H groups in total. The summed E-state index contributed by atoms with van der Waals surface area (Å²) >= 11 is 0. The predicted molar refractivity (Wildman–Crippen MR) is 77.4 cm³/mol. The van der Waals surface area contributed by atoms with Crippen LogP contribution in [-0.2, 0) is 11.8 Å². The molecule has 0 aromatic carbocycles. The fourth-order valence-corrected chi connectivity index (χ4v) is 2.53. The number of amides is 2. The van der Waals surface area contributed by atoms with Gasteiger partial charge in [-0.25, -0.2) is 0 Å². The van der Waals surface area contributed by atoms with Gasteiger partial charge in [0.1, 0.15) is 5.69 Å². The Morgan fingerprint density at radius 2 is 2.20 bits per heavy atom. The fourth-order valence-electron chi connectivity index (χ4n) is 2.53. The van der Waals surface area contributed by atoms with E-state index in [4.69, 9.17) is 0 Å². The van der Waals surface area contributed by atoms with Crippen LogP contribution < -0.4 is 5.32 Å². The van der Waals surface area contributed by atoms with Crippen molar-refractivity contribution in [2.75, 3.05) is 19.6 Å². The van der Waals surface area contributed by atoms with Crippen LogP contribution in [0.25, 0.3) is 0 Å². The van der Waals surface area contributed by atoms with E-state index in [2.05, 4.69) is 5.32 Å². The second kappa shape index (κ2) is 7.12. The summed E-state index contributed by atoms with van der Waals surface area (Å²) in [5, 5.41) is 2.90. The molecule has 20 heavy (non-hydrogen) atoms. The molecule has 2 amide bonds. The Labute approximate surface area is 119 Å². The third kappa shape index (κ3) is 3.85. The molecule has 1 aliphatic rings. The molecule has 0 atom stereocenters. The van der Waals surface area contributed by atoms with Crippen molar-refractivity contribution in [3.63, 3.8) is 0 Å². The van der Waals surface area contributed by atoms with Crippen LogP contribution >= 0.6 is 0 Å². The summed E-state index contributed by atoms with van der Waals surface area (Å²) in [4.78, 5) is 25.6. The Morgan fingerprint density at radius 1 is 1.35 bits per heavy atom. The Kier molecular flexibility index (Phi) is 5.21. The average molecular weight is 277 g/mol. The predicted octanol–water partition coefficient (Wildman–Crippen LogP) is 1.55. The fraction of sp³-hybridized carbons (Fsp3) is 0.600. The van der Waals surface area contributed by atoms with Gasteiger partial charge in [0.25, 0.3) is 5.91 Å². The standard InChI is InChI=1S/C15H23N3O2/c1-17-10-5-7-13(17)15(20)16-9-6-12-18-11-4-2-3-8-14(18)19/h5,7,10H,2-4,6,8-9,11-12H2,1H3,(H,16,20). The molecule has 1 aliphatic heterocycles. The highest BCUT2D eigenvalue weighted by molar-refractivity contribution is 5.92. The highest BCUT2D eigenvalue weighted by atomic mass is 16.2. The number of aryl methyl sites for hydroxylation is 1. The van der Waals surface area contributed by atoms with E-state index in [9.17, 15) is 9.59 Å². The molecule has 1 saturated heterocycles. The molecule has 2 rings (SSSR count). The van der Waals surface area contributed by atoms with Crippen LogP contribution in [0.1, 0.15) is 42.6 Å². The minimum Gasteiger partial charge on any atom is -0.351 e. The number of nitrogens with one attached hydrogen (secondary N) is 1. The number of hydrogen-bond acceptors (Lipinski definition) is 2. The van der Waals surface area contributed by atoms with Gasteiger partial charge < -0.3 is 14.8 Å². The van der Waals surface area contributed by atoms with Gasteiger partial charge in [-0.3, -0.25) is 9.59 Å². The minimum absolute atomic E-state index is 0.0558. The molecule has 0 radical (unpaired) electrons. The van der Waals surface area contributed by atoms with Crippen LogP contribution in [0, 0.1) is 0 Å². The van der Waals surface area contributed by atoms with E-state index in [0.717, 1.165) is 38.8 Å². The van der Waals surface area contributed by atoms with E-state index in [0.29, 0.717) is 18.7 Å². The first-order chi connectivity index (χ1) is 9.68. The molecule has 1 fully saturated rings. The lowest BCUT2D eigenvalue weighted by Crippen LogP contribution is -2.34. The zero-order valence-corrected chi connectivity index (χ0v) is 12.1. The van der Waals surface area contributed by atoms with Crippen molar-refractivity contribution in [1.29, 1.82) is 0 Å². The van der Waals surface area contributed by atoms with Crippen molar-refractivity contribution < 1.29 is 9.59 Å². The summed E-state index contributed by atoms with van der Waals surface area (Å²) in [6.45, 7) is 2.21. The van der Waals surface area contributed by atoms with E-state index in [1.807, 2.05) is 24.2 Å². The summed E-state index contributed by atoms with van der Waals surface area (Å²) in [6.07, 6.45) is 6.59. The number of likely N-dealkylation sites (tertiary alicyclic amines) is 1. The van der Waals surface area contributed by atoms with Gasteiger partial charge in [-0.2, -0.15) is 0 Å².